The van der Waals surface area contributed by atoms with E-state index >= 15 is 0 Å². The SMILES string of the molecule is COc1ccc(COCC(F)(F)F)cc1C#CCN. The summed E-state index contributed by atoms with van der Waals surface area (Å²) in [5.74, 6) is 6.00. The third-order valence-corrected chi connectivity index (χ3v) is 2.12. The van der Waals surface area contributed by atoms with Gasteiger partial charge in [-0.05, 0) is 17.7 Å². The lowest BCUT2D eigenvalue weighted by atomic mass is 10.1. The number of ether oxygens (including phenoxy) is 2. The molecule has 0 fully saturated rings. The molecule has 0 heterocycles. The molecule has 0 aliphatic carbocycles. The van der Waals surface area contributed by atoms with Gasteiger partial charge in [0, 0.05) is 0 Å². The molecule has 0 unspecified atom stereocenters. The minimum absolute atomic E-state index is 0.138. The molecular formula is C13H14F3NO2. The molecule has 0 bridgehead atoms. The topological polar surface area (TPSA) is 44.5 Å². The van der Waals surface area contributed by atoms with Gasteiger partial charge in [-0.15, -0.1) is 0 Å². The lowest BCUT2D eigenvalue weighted by Crippen LogP contribution is -2.16. The molecule has 1 aromatic rings. The zero-order valence-corrected chi connectivity index (χ0v) is 10.4. The molecule has 0 aliphatic heterocycles. The summed E-state index contributed by atoms with van der Waals surface area (Å²) in [7, 11) is 1.49. The Kier molecular flexibility index (Phi) is 5.67. The van der Waals surface area contributed by atoms with E-state index in [-0.39, 0.29) is 13.2 Å². The molecule has 0 saturated carbocycles. The van der Waals surface area contributed by atoms with Gasteiger partial charge in [-0.2, -0.15) is 13.2 Å². The van der Waals surface area contributed by atoms with E-state index in [1.165, 1.54) is 7.11 Å². The average molecular weight is 273 g/mol. The summed E-state index contributed by atoms with van der Waals surface area (Å²) >= 11 is 0. The first-order valence-electron chi connectivity index (χ1n) is 5.46. The van der Waals surface area contributed by atoms with Gasteiger partial charge >= 0.3 is 6.18 Å². The van der Waals surface area contributed by atoms with Crippen molar-refractivity contribution >= 4 is 0 Å². The Hall–Kier alpha value is -1.71. The predicted octanol–water partition coefficient (Wildman–Crippen LogP) is 2.08. The van der Waals surface area contributed by atoms with Gasteiger partial charge < -0.3 is 15.2 Å². The van der Waals surface area contributed by atoms with Gasteiger partial charge in [0.2, 0.25) is 0 Å². The summed E-state index contributed by atoms with van der Waals surface area (Å²) in [5.41, 5.74) is 6.43. The van der Waals surface area contributed by atoms with Crippen molar-refractivity contribution in [3.05, 3.63) is 29.3 Å². The van der Waals surface area contributed by atoms with Crippen molar-refractivity contribution in [3.8, 4) is 17.6 Å². The molecule has 1 aromatic carbocycles. The number of alkyl halides is 3. The highest BCUT2D eigenvalue weighted by Gasteiger charge is 2.27. The van der Waals surface area contributed by atoms with Crippen molar-refractivity contribution in [2.45, 2.75) is 12.8 Å². The number of hydrogen-bond acceptors (Lipinski definition) is 3. The molecule has 3 nitrogen and oxygen atoms in total. The molecule has 0 amide bonds. The first-order chi connectivity index (χ1) is 8.96. The molecule has 0 saturated heterocycles. The summed E-state index contributed by atoms with van der Waals surface area (Å²) in [6, 6.07) is 4.88. The molecule has 104 valence electrons. The lowest BCUT2D eigenvalue weighted by molar-refractivity contribution is -0.176. The third-order valence-electron chi connectivity index (χ3n) is 2.12. The summed E-state index contributed by atoms with van der Waals surface area (Å²) in [5, 5.41) is 0. The van der Waals surface area contributed by atoms with Crippen LogP contribution in [-0.4, -0.2) is 26.4 Å². The predicted molar refractivity (Wildman–Crippen MR) is 64.6 cm³/mol. The van der Waals surface area contributed by atoms with Gasteiger partial charge in [0.15, 0.2) is 0 Å². The van der Waals surface area contributed by atoms with Crippen molar-refractivity contribution in [1.82, 2.24) is 0 Å². The average Bonchev–Trinajstić information content (AvgIpc) is 2.35. The van der Waals surface area contributed by atoms with Crippen LogP contribution in [0.15, 0.2) is 18.2 Å². The van der Waals surface area contributed by atoms with E-state index in [9.17, 15) is 13.2 Å². The van der Waals surface area contributed by atoms with E-state index in [1.54, 1.807) is 18.2 Å². The van der Waals surface area contributed by atoms with Crippen molar-refractivity contribution < 1.29 is 22.6 Å². The highest BCUT2D eigenvalue weighted by atomic mass is 19.4. The quantitative estimate of drug-likeness (QED) is 0.854. The smallest absolute Gasteiger partial charge is 0.411 e. The number of hydrogen-bond donors (Lipinski definition) is 1. The minimum Gasteiger partial charge on any atom is -0.495 e. The summed E-state index contributed by atoms with van der Waals surface area (Å²) < 4.78 is 45.5. The Balaban J connectivity index is 2.75. The molecule has 19 heavy (non-hydrogen) atoms. The van der Waals surface area contributed by atoms with E-state index in [4.69, 9.17) is 10.5 Å². The molecule has 0 radical (unpaired) electrons. The minimum atomic E-state index is -4.32. The van der Waals surface area contributed by atoms with Crippen molar-refractivity contribution in [2.75, 3.05) is 20.3 Å². The largest absolute Gasteiger partial charge is 0.495 e. The second-order valence-corrected chi connectivity index (χ2v) is 3.65. The fourth-order valence-electron chi connectivity index (χ4n) is 1.37. The van der Waals surface area contributed by atoms with Crippen molar-refractivity contribution in [1.29, 1.82) is 0 Å². The monoisotopic (exact) mass is 273 g/mol. The highest BCUT2D eigenvalue weighted by Crippen LogP contribution is 2.20. The molecule has 0 atom stereocenters. The van der Waals surface area contributed by atoms with Crippen molar-refractivity contribution in [2.24, 2.45) is 5.73 Å². The first kappa shape index (κ1) is 15.3. The van der Waals surface area contributed by atoms with Crippen LogP contribution in [-0.2, 0) is 11.3 Å². The van der Waals surface area contributed by atoms with Crippen LogP contribution >= 0.6 is 0 Å². The van der Waals surface area contributed by atoms with E-state index in [1.807, 2.05) is 0 Å². The molecule has 0 spiro atoms. The number of halogens is 3. The molecule has 1 rings (SSSR count). The highest BCUT2D eigenvalue weighted by molar-refractivity contribution is 5.48. The fourth-order valence-corrected chi connectivity index (χ4v) is 1.37. The lowest BCUT2D eigenvalue weighted by Gasteiger charge is -2.09. The molecular weight excluding hydrogens is 259 g/mol. The van der Waals surface area contributed by atoms with Gasteiger partial charge in [-0.25, -0.2) is 0 Å². The Bertz CT molecular complexity index is 475. The van der Waals surface area contributed by atoms with Crippen LogP contribution in [0.25, 0.3) is 0 Å². The third kappa shape index (κ3) is 5.64. The second kappa shape index (κ2) is 7.02. The first-order valence-corrected chi connectivity index (χ1v) is 5.46. The zero-order chi connectivity index (χ0) is 14.3. The molecule has 2 N–H and O–H groups in total. The number of rotatable bonds is 4. The maximum atomic E-state index is 11.9. The van der Waals surface area contributed by atoms with E-state index in [0.29, 0.717) is 16.9 Å². The van der Waals surface area contributed by atoms with E-state index in [0.717, 1.165) is 0 Å². The van der Waals surface area contributed by atoms with E-state index < -0.39 is 12.8 Å². The van der Waals surface area contributed by atoms with E-state index in [2.05, 4.69) is 16.6 Å². The Morgan fingerprint density at radius 2 is 2.05 bits per heavy atom. The fraction of sp³-hybridized carbons (Fsp3) is 0.385. The normalized spacial score (nSPS) is 10.8. The van der Waals surface area contributed by atoms with Crippen LogP contribution in [0.1, 0.15) is 11.1 Å². The zero-order valence-electron chi connectivity index (χ0n) is 10.4. The van der Waals surface area contributed by atoms with Gasteiger partial charge in [-0.3, -0.25) is 0 Å². The molecule has 0 aliphatic rings. The van der Waals surface area contributed by atoms with Crippen LogP contribution in [0.3, 0.4) is 0 Å². The second-order valence-electron chi connectivity index (χ2n) is 3.65. The van der Waals surface area contributed by atoms with Gasteiger partial charge in [0.25, 0.3) is 0 Å². The maximum absolute atomic E-state index is 11.9. The number of benzene rings is 1. The Morgan fingerprint density at radius 1 is 1.32 bits per heavy atom. The Morgan fingerprint density at radius 3 is 2.63 bits per heavy atom. The number of nitrogens with two attached hydrogens (primary N) is 1. The summed E-state index contributed by atoms with van der Waals surface area (Å²) in [4.78, 5) is 0. The summed E-state index contributed by atoms with van der Waals surface area (Å²) in [6.07, 6.45) is -4.32. The molecule has 0 aromatic heterocycles. The van der Waals surface area contributed by atoms with Gasteiger partial charge in [-0.1, -0.05) is 17.9 Å². The van der Waals surface area contributed by atoms with Gasteiger partial charge in [0.05, 0.1) is 25.8 Å². The molecule has 6 heteroatoms. The standard InChI is InChI=1S/C13H14F3NO2/c1-18-12-5-4-10(7-11(12)3-2-6-17)8-19-9-13(14,15)16/h4-5,7H,6,8-9,17H2,1H3. The van der Waals surface area contributed by atoms with Crippen LogP contribution in [0.2, 0.25) is 0 Å². The van der Waals surface area contributed by atoms with Crippen LogP contribution in [0, 0.1) is 11.8 Å². The Labute approximate surface area is 109 Å². The van der Waals surface area contributed by atoms with Gasteiger partial charge in [0.1, 0.15) is 12.4 Å². The number of methoxy groups -OCH3 is 1. The summed E-state index contributed by atoms with van der Waals surface area (Å²) in [6.45, 7) is -1.22. The van der Waals surface area contributed by atoms with Crippen LogP contribution in [0.5, 0.6) is 5.75 Å². The van der Waals surface area contributed by atoms with Crippen LogP contribution < -0.4 is 10.5 Å². The van der Waals surface area contributed by atoms with Crippen LogP contribution in [0.4, 0.5) is 13.2 Å². The van der Waals surface area contributed by atoms with Crippen molar-refractivity contribution in [3.63, 3.8) is 0 Å². The maximum Gasteiger partial charge on any atom is 0.411 e.